The van der Waals surface area contributed by atoms with Gasteiger partial charge in [-0.25, -0.2) is 0 Å². The first-order valence-corrected chi connectivity index (χ1v) is 6.93. The van der Waals surface area contributed by atoms with E-state index in [2.05, 4.69) is 16.8 Å². The molecule has 15 heavy (non-hydrogen) atoms. The van der Waals surface area contributed by atoms with Crippen LogP contribution in [0.25, 0.3) is 0 Å². The maximum Gasteiger partial charge on any atom is 0.244 e. The number of hydrogen-bond donors (Lipinski definition) is 0. The normalized spacial score (nSPS) is 41.5. The zero-order chi connectivity index (χ0) is 10.5. The van der Waals surface area contributed by atoms with E-state index in [1.807, 2.05) is 11.8 Å². The molecular weight excluding hydrogens is 208 g/mol. The average molecular weight is 226 g/mol. The largest absolute Gasteiger partial charge is 0.329 e. The third-order valence-electron chi connectivity index (χ3n) is 4.19. The average Bonchev–Trinajstić information content (AvgIpc) is 2.74. The van der Waals surface area contributed by atoms with Crippen molar-refractivity contribution in [3.63, 3.8) is 0 Å². The predicted octanol–water partition coefficient (Wildman–Crippen LogP) is 1.15. The number of likely N-dealkylation sites (tertiary alicyclic amines) is 1. The smallest absolute Gasteiger partial charge is 0.244 e. The van der Waals surface area contributed by atoms with Crippen LogP contribution in [0.2, 0.25) is 0 Å². The molecular formula is C11H18N2OS. The molecule has 0 aromatic heterocycles. The molecule has 0 radical (unpaired) electrons. The summed E-state index contributed by atoms with van der Waals surface area (Å²) in [6.45, 7) is 2.09. The third kappa shape index (κ3) is 1.27. The summed E-state index contributed by atoms with van der Waals surface area (Å²) in [6, 6.07) is 0. The fourth-order valence-electron chi connectivity index (χ4n) is 3.27. The van der Waals surface area contributed by atoms with Crippen LogP contribution in [0, 0.1) is 0 Å². The van der Waals surface area contributed by atoms with Crippen LogP contribution in [0.5, 0.6) is 0 Å². The van der Waals surface area contributed by atoms with Gasteiger partial charge in [-0.15, -0.1) is 11.8 Å². The van der Waals surface area contributed by atoms with Crippen molar-refractivity contribution in [3.05, 3.63) is 0 Å². The van der Waals surface area contributed by atoms with Gasteiger partial charge in [0.25, 0.3) is 0 Å². The van der Waals surface area contributed by atoms with Crippen molar-refractivity contribution in [3.8, 4) is 0 Å². The van der Waals surface area contributed by atoms with Gasteiger partial charge in [0.05, 0.1) is 5.37 Å². The Balaban J connectivity index is 1.90. The first-order chi connectivity index (χ1) is 7.24. The summed E-state index contributed by atoms with van der Waals surface area (Å²) < 4.78 is 0. The van der Waals surface area contributed by atoms with Gasteiger partial charge >= 0.3 is 0 Å². The molecule has 0 N–H and O–H groups in total. The molecule has 1 unspecified atom stereocenters. The van der Waals surface area contributed by atoms with Crippen molar-refractivity contribution in [2.24, 2.45) is 0 Å². The number of thioether (sulfide) groups is 1. The van der Waals surface area contributed by atoms with Gasteiger partial charge in [-0.2, -0.15) is 0 Å². The number of rotatable bonds is 0. The summed E-state index contributed by atoms with van der Waals surface area (Å²) in [6.07, 6.45) is 4.50. The first-order valence-electron chi connectivity index (χ1n) is 5.88. The van der Waals surface area contributed by atoms with Gasteiger partial charge in [0.2, 0.25) is 5.91 Å². The van der Waals surface area contributed by atoms with E-state index in [-0.39, 0.29) is 5.54 Å². The molecule has 3 saturated heterocycles. The zero-order valence-electron chi connectivity index (χ0n) is 9.24. The summed E-state index contributed by atoms with van der Waals surface area (Å²) in [5.41, 5.74) is -0.109. The molecule has 1 spiro atoms. The molecule has 84 valence electrons. The van der Waals surface area contributed by atoms with E-state index in [0.29, 0.717) is 11.3 Å². The first kappa shape index (κ1) is 9.97. The van der Waals surface area contributed by atoms with E-state index in [1.54, 1.807) is 0 Å². The minimum atomic E-state index is -0.109. The highest BCUT2D eigenvalue weighted by atomic mass is 32.2. The van der Waals surface area contributed by atoms with Gasteiger partial charge < -0.3 is 4.90 Å². The van der Waals surface area contributed by atoms with Gasteiger partial charge in [-0.05, 0) is 38.6 Å². The second kappa shape index (κ2) is 3.39. The molecule has 0 aromatic rings. The monoisotopic (exact) mass is 226 g/mol. The number of amides is 1. The SMILES string of the molecule is CN1CCC[C@]12CC1SCCCN1C2=O. The van der Waals surface area contributed by atoms with Crippen molar-refractivity contribution in [2.45, 2.75) is 36.6 Å². The van der Waals surface area contributed by atoms with Gasteiger partial charge in [0.1, 0.15) is 5.54 Å². The summed E-state index contributed by atoms with van der Waals surface area (Å²) in [7, 11) is 2.12. The second-order valence-electron chi connectivity index (χ2n) is 4.94. The lowest BCUT2D eigenvalue weighted by Gasteiger charge is -2.30. The Kier molecular flexibility index (Phi) is 2.25. The molecule has 2 atom stereocenters. The Morgan fingerprint density at radius 2 is 2.27 bits per heavy atom. The Morgan fingerprint density at radius 3 is 2.93 bits per heavy atom. The number of fused-ring (bicyclic) bond motifs is 1. The van der Waals surface area contributed by atoms with Crippen LogP contribution in [-0.2, 0) is 4.79 Å². The van der Waals surface area contributed by atoms with Crippen molar-refractivity contribution >= 4 is 17.7 Å². The van der Waals surface area contributed by atoms with E-state index in [9.17, 15) is 4.79 Å². The summed E-state index contributed by atoms with van der Waals surface area (Å²) in [4.78, 5) is 16.9. The molecule has 3 aliphatic rings. The molecule has 3 aliphatic heterocycles. The number of nitrogens with zero attached hydrogens (tertiary/aromatic N) is 2. The summed E-state index contributed by atoms with van der Waals surface area (Å²) in [5.74, 6) is 1.65. The van der Waals surface area contributed by atoms with Crippen LogP contribution in [0.3, 0.4) is 0 Å². The summed E-state index contributed by atoms with van der Waals surface area (Å²) >= 11 is 1.98. The highest BCUT2D eigenvalue weighted by Gasteiger charge is 2.56. The molecule has 0 bridgehead atoms. The van der Waals surface area contributed by atoms with Crippen LogP contribution >= 0.6 is 11.8 Å². The second-order valence-corrected chi connectivity index (χ2v) is 6.22. The van der Waals surface area contributed by atoms with Gasteiger partial charge in [-0.3, -0.25) is 9.69 Å². The fourth-order valence-corrected chi connectivity index (χ4v) is 4.62. The quantitative estimate of drug-likeness (QED) is 0.619. The van der Waals surface area contributed by atoms with Crippen LogP contribution in [0.4, 0.5) is 0 Å². The van der Waals surface area contributed by atoms with E-state index in [1.165, 1.54) is 18.6 Å². The molecule has 0 aromatic carbocycles. The van der Waals surface area contributed by atoms with E-state index in [4.69, 9.17) is 0 Å². The highest BCUT2D eigenvalue weighted by Crippen LogP contribution is 2.45. The summed E-state index contributed by atoms with van der Waals surface area (Å²) in [5, 5.41) is 0.479. The standard InChI is InChI=1S/C11H18N2OS/c1-12-5-2-4-11(12)8-9-13(10(11)14)6-3-7-15-9/h9H,2-8H2,1H3/t9?,11-/m1/s1. The molecule has 4 heteroatoms. The van der Waals surface area contributed by atoms with E-state index in [0.717, 1.165) is 25.9 Å². The van der Waals surface area contributed by atoms with Gasteiger partial charge in [0.15, 0.2) is 0 Å². The number of likely N-dealkylation sites (N-methyl/N-ethyl adjacent to an activating group) is 1. The maximum atomic E-state index is 12.4. The van der Waals surface area contributed by atoms with Crippen LogP contribution in [-0.4, -0.2) is 52.5 Å². The van der Waals surface area contributed by atoms with Crippen molar-refractivity contribution < 1.29 is 4.79 Å². The van der Waals surface area contributed by atoms with Crippen LogP contribution < -0.4 is 0 Å². The number of hydrogen-bond acceptors (Lipinski definition) is 3. The lowest BCUT2D eigenvalue weighted by atomic mass is 9.95. The molecule has 0 aliphatic carbocycles. The van der Waals surface area contributed by atoms with E-state index >= 15 is 0 Å². The Labute approximate surface area is 95.2 Å². The molecule has 1 amide bonds. The molecule has 3 nitrogen and oxygen atoms in total. The van der Waals surface area contributed by atoms with Gasteiger partial charge in [-0.1, -0.05) is 0 Å². The Morgan fingerprint density at radius 1 is 1.40 bits per heavy atom. The molecule has 3 rings (SSSR count). The minimum absolute atomic E-state index is 0.109. The van der Waals surface area contributed by atoms with Crippen molar-refractivity contribution in [2.75, 3.05) is 25.9 Å². The van der Waals surface area contributed by atoms with E-state index < -0.39 is 0 Å². The lowest BCUT2D eigenvalue weighted by Crippen LogP contribution is -2.48. The molecule has 3 fully saturated rings. The Bertz CT molecular complexity index is 296. The minimum Gasteiger partial charge on any atom is -0.329 e. The molecule has 0 saturated carbocycles. The van der Waals surface area contributed by atoms with Crippen molar-refractivity contribution in [1.29, 1.82) is 0 Å². The highest BCUT2D eigenvalue weighted by molar-refractivity contribution is 7.99. The number of carbonyl (C=O) groups is 1. The number of carbonyl (C=O) groups excluding carboxylic acids is 1. The van der Waals surface area contributed by atoms with Crippen LogP contribution in [0.15, 0.2) is 0 Å². The fraction of sp³-hybridized carbons (Fsp3) is 0.909. The lowest BCUT2D eigenvalue weighted by molar-refractivity contribution is -0.136. The molecule has 3 heterocycles. The predicted molar refractivity (Wildman–Crippen MR) is 61.8 cm³/mol. The third-order valence-corrected chi connectivity index (χ3v) is 5.52. The zero-order valence-corrected chi connectivity index (χ0v) is 10.1. The Hall–Kier alpha value is -0.220. The topological polar surface area (TPSA) is 23.6 Å². The van der Waals surface area contributed by atoms with Crippen LogP contribution in [0.1, 0.15) is 25.7 Å². The van der Waals surface area contributed by atoms with Crippen molar-refractivity contribution in [1.82, 2.24) is 9.80 Å². The van der Waals surface area contributed by atoms with Gasteiger partial charge in [0, 0.05) is 13.0 Å². The maximum absolute atomic E-state index is 12.4.